The molecule has 0 saturated heterocycles. The summed E-state index contributed by atoms with van der Waals surface area (Å²) in [7, 11) is 0. The smallest absolute Gasteiger partial charge is 0.201 e. The van der Waals surface area contributed by atoms with E-state index in [9.17, 15) is 4.79 Å². The van der Waals surface area contributed by atoms with Crippen LogP contribution >= 0.6 is 0 Å². The van der Waals surface area contributed by atoms with Crippen LogP contribution in [0, 0.1) is 12.8 Å². The van der Waals surface area contributed by atoms with Crippen molar-refractivity contribution < 1.29 is 9.21 Å². The first kappa shape index (κ1) is 12.5. The lowest BCUT2D eigenvalue weighted by molar-refractivity contribution is 0.0881. The van der Waals surface area contributed by atoms with Crippen molar-refractivity contribution in [3.8, 4) is 0 Å². The van der Waals surface area contributed by atoms with E-state index in [1.165, 1.54) is 31.2 Å². The molecule has 2 nitrogen and oxygen atoms in total. The van der Waals surface area contributed by atoms with E-state index in [2.05, 4.69) is 13.0 Å². The minimum atomic E-state index is 0.171. The predicted octanol–water partition coefficient (Wildman–Crippen LogP) is 4.89. The van der Waals surface area contributed by atoms with Crippen molar-refractivity contribution in [2.24, 2.45) is 5.92 Å². The maximum Gasteiger partial charge on any atom is 0.201 e. The minimum absolute atomic E-state index is 0.171. The Hall–Kier alpha value is -1.57. The zero-order valence-electron chi connectivity index (χ0n) is 11.4. The molecule has 0 bridgehead atoms. The maximum atomic E-state index is 12.5. The molecule has 1 saturated carbocycles. The number of hydrogen-bond acceptors (Lipinski definition) is 2. The molecule has 2 heteroatoms. The Morgan fingerprint density at radius 2 is 1.84 bits per heavy atom. The zero-order chi connectivity index (χ0) is 13.2. The normalized spacial score (nSPS) is 17.5. The first-order chi connectivity index (χ1) is 9.24. The van der Waals surface area contributed by atoms with Gasteiger partial charge in [-0.05, 0) is 38.0 Å². The van der Waals surface area contributed by atoms with Gasteiger partial charge in [0.05, 0.1) is 0 Å². The molecule has 0 spiro atoms. The third-order valence-corrected chi connectivity index (χ3v) is 4.14. The number of rotatable bonds is 2. The van der Waals surface area contributed by atoms with Crippen LogP contribution < -0.4 is 0 Å². The fourth-order valence-corrected chi connectivity index (χ4v) is 3.03. The second kappa shape index (κ2) is 5.20. The Bertz CT molecular complexity index is 586. The summed E-state index contributed by atoms with van der Waals surface area (Å²) in [6.07, 6.45) is 6.93. The van der Waals surface area contributed by atoms with Gasteiger partial charge in [0.2, 0.25) is 5.78 Å². The largest absolute Gasteiger partial charge is 0.453 e. The summed E-state index contributed by atoms with van der Waals surface area (Å²) >= 11 is 0. The Labute approximate surface area is 113 Å². The summed E-state index contributed by atoms with van der Waals surface area (Å²) < 4.78 is 5.73. The van der Waals surface area contributed by atoms with Crippen molar-refractivity contribution >= 4 is 16.8 Å². The summed E-state index contributed by atoms with van der Waals surface area (Å²) in [6.45, 7) is 2.05. The Kier molecular flexibility index (Phi) is 3.41. The predicted molar refractivity (Wildman–Crippen MR) is 76.5 cm³/mol. The average molecular weight is 256 g/mol. The van der Waals surface area contributed by atoms with Crippen LogP contribution in [-0.2, 0) is 0 Å². The van der Waals surface area contributed by atoms with Crippen LogP contribution in [0.5, 0.6) is 0 Å². The standard InChI is InChI=1S/C17H20O2/c1-12-8-9-15-14(10-12)11-16(19-15)17(18)13-6-4-2-3-5-7-13/h8-11,13H,2-7H2,1H3. The molecule has 100 valence electrons. The molecule has 1 heterocycles. The summed E-state index contributed by atoms with van der Waals surface area (Å²) in [5.74, 6) is 0.924. The topological polar surface area (TPSA) is 30.2 Å². The van der Waals surface area contributed by atoms with Crippen molar-refractivity contribution in [3.63, 3.8) is 0 Å². The van der Waals surface area contributed by atoms with Crippen LogP contribution in [-0.4, -0.2) is 5.78 Å². The van der Waals surface area contributed by atoms with Crippen LogP contribution in [0.3, 0.4) is 0 Å². The first-order valence-corrected chi connectivity index (χ1v) is 7.28. The molecule has 3 rings (SSSR count). The first-order valence-electron chi connectivity index (χ1n) is 7.28. The molecule has 1 aromatic carbocycles. The maximum absolute atomic E-state index is 12.5. The van der Waals surface area contributed by atoms with E-state index in [-0.39, 0.29) is 11.7 Å². The van der Waals surface area contributed by atoms with Gasteiger partial charge in [0.1, 0.15) is 5.58 Å². The molecule has 0 atom stereocenters. The highest BCUT2D eigenvalue weighted by Gasteiger charge is 2.24. The summed E-state index contributed by atoms with van der Waals surface area (Å²) in [6, 6.07) is 7.96. The van der Waals surface area contributed by atoms with Gasteiger partial charge in [0.25, 0.3) is 0 Å². The highest BCUT2D eigenvalue weighted by atomic mass is 16.3. The number of fused-ring (bicyclic) bond motifs is 1. The van der Waals surface area contributed by atoms with Crippen LogP contribution in [0.15, 0.2) is 28.7 Å². The summed E-state index contributed by atoms with van der Waals surface area (Å²) in [5.41, 5.74) is 2.02. The second-order valence-corrected chi connectivity index (χ2v) is 5.70. The lowest BCUT2D eigenvalue weighted by atomic mass is 9.94. The minimum Gasteiger partial charge on any atom is -0.453 e. The summed E-state index contributed by atoms with van der Waals surface area (Å²) in [5, 5.41) is 1.04. The molecule has 1 fully saturated rings. The molecule has 0 aliphatic heterocycles. The SMILES string of the molecule is Cc1ccc2oc(C(=O)C3CCCCCC3)cc2c1. The van der Waals surface area contributed by atoms with E-state index >= 15 is 0 Å². The quantitative estimate of drug-likeness (QED) is 0.565. The number of Topliss-reactive ketones (excluding diaryl/α,β-unsaturated/α-hetero) is 1. The molecule has 1 aliphatic carbocycles. The van der Waals surface area contributed by atoms with Crippen LogP contribution in [0.2, 0.25) is 0 Å². The second-order valence-electron chi connectivity index (χ2n) is 5.70. The van der Waals surface area contributed by atoms with Gasteiger partial charge >= 0.3 is 0 Å². The van der Waals surface area contributed by atoms with E-state index in [1.807, 2.05) is 18.2 Å². The molecular formula is C17H20O2. The molecule has 0 amide bonds. The Morgan fingerprint density at radius 3 is 2.58 bits per heavy atom. The monoisotopic (exact) mass is 256 g/mol. The van der Waals surface area contributed by atoms with Gasteiger partial charge in [-0.3, -0.25) is 4.79 Å². The highest BCUT2D eigenvalue weighted by Crippen LogP contribution is 2.28. The molecule has 1 aliphatic rings. The number of ketones is 1. The summed E-state index contributed by atoms with van der Waals surface area (Å²) in [4.78, 5) is 12.5. The van der Waals surface area contributed by atoms with Crippen LogP contribution in [0.25, 0.3) is 11.0 Å². The van der Waals surface area contributed by atoms with Gasteiger partial charge in [-0.25, -0.2) is 0 Å². The highest BCUT2D eigenvalue weighted by molar-refractivity contribution is 5.99. The Morgan fingerprint density at radius 1 is 1.11 bits per heavy atom. The van der Waals surface area contributed by atoms with Crippen LogP contribution in [0.1, 0.15) is 54.6 Å². The van der Waals surface area contributed by atoms with Crippen molar-refractivity contribution in [1.29, 1.82) is 0 Å². The number of aryl methyl sites for hydroxylation is 1. The van der Waals surface area contributed by atoms with Gasteiger partial charge in [-0.1, -0.05) is 37.3 Å². The van der Waals surface area contributed by atoms with Gasteiger partial charge in [0.15, 0.2) is 5.76 Å². The van der Waals surface area contributed by atoms with E-state index in [1.54, 1.807) is 0 Å². The fraction of sp³-hybridized carbons (Fsp3) is 0.471. The molecule has 0 N–H and O–H groups in total. The van der Waals surface area contributed by atoms with Crippen molar-refractivity contribution in [3.05, 3.63) is 35.6 Å². The fourth-order valence-electron chi connectivity index (χ4n) is 3.03. The number of furan rings is 1. The van der Waals surface area contributed by atoms with Gasteiger partial charge in [0, 0.05) is 11.3 Å². The number of carbonyl (C=O) groups is 1. The van der Waals surface area contributed by atoms with Crippen molar-refractivity contribution in [1.82, 2.24) is 0 Å². The molecule has 0 radical (unpaired) electrons. The third-order valence-electron chi connectivity index (χ3n) is 4.14. The van der Waals surface area contributed by atoms with E-state index < -0.39 is 0 Å². The lowest BCUT2D eigenvalue weighted by Gasteiger charge is -2.09. The lowest BCUT2D eigenvalue weighted by Crippen LogP contribution is -2.13. The van der Waals surface area contributed by atoms with Gasteiger partial charge in [-0.2, -0.15) is 0 Å². The van der Waals surface area contributed by atoms with Gasteiger partial charge in [-0.15, -0.1) is 0 Å². The molecule has 19 heavy (non-hydrogen) atoms. The Balaban J connectivity index is 1.88. The number of hydrogen-bond donors (Lipinski definition) is 0. The van der Waals surface area contributed by atoms with E-state index in [4.69, 9.17) is 4.42 Å². The molecule has 1 aromatic heterocycles. The van der Waals surface area contributed by atoms with E-state index in [0.717, 1.165) is 23.8 Å². The van der Waals surface area contributed by atoms with Crippen LogP contribution in [0.4, 0.5) is 0 Å². The van der Waals surface area contributed by atoms with Crippen molar-refractivity contribution in [2.45, 2.75) is 45.4 Å². The molecule has 0 unspecified atom stereocenters. The molecular weight excluding hydrogens is 236 g/mol. The molecule has 2 aromatic rings. The number of benzene rings is 1. The van der Waals surface area contributed by atoms with E-state index in [0.29, 0.717) is 5.76 Å². The third kappa shape index (κ3) is 2.58. The zero-order valence-corrected chi connectivity index (χ0v) is 11.4. The average Bonchev–Trinajstić information content (AvgIpc) is 2.64. The van der Waals surface area contributed by atoms with Gasteiger partial charge < -0.3 is 4.42 Å². The number of carbonyl (C=O) groups excluding carboxylic acids is 1. The van der Waals surface area contributed by atoms with Crippen molar-refractivity contribution in [2.75, 3.05) is 0 Å².